The average Bonchev–Trinajstić information content (AvgIpc) is 3.25. The fourth-order valence-electron chi connectivity index (χ4n) is 2.85. The number of hydrogen-bond acceptors (Lipinski definition) is 7. The lowest BCUT2D eigenvalue weighted by molar-refractivity contribution is 0.172. The molecular formula is C18H12ClN3O3S. The van der Waals surface area contributed by atoms with Crippen LogP contribution in [0.3, 0.4) is 0 Å². The molecule has 0 saturated heterocycles. The number of nitrogen functional groups attached to an aromatic ring is 1. The first-order valence-corrected chi connectivity index (χ1v) is 9.10. The standard InChI is InChI=1S/C18H12ClN3O3S/c19-15-11-7-12-13(24-5-4-23-12)8-14(11)26-16(15)18-21-17(22-25-18)9-2-1-3-10(20)6-9/h1-3,6-8H,4-5,20H2. The van der Waals surface area contributed by atoms with Crippen LogP contribution in [0.15, 0.2) is 40.9 Å². The fourth-order valence-corrected chi connectivity index (χ4v) is 4.29. The van der Waals surface area contributed by atoms with Crippen molar-refractivity contribution in [1.82, 2.24) is 10.1 Å². The Bertz CT molecular complexity index is 1140. The molecule has 5 rings (SSSR count). The SMILES string of the molecule is Nc1cccc(-c2noc(-c3sc4cc5c(cc4c3Cl)OCCO5)n2)c1. The number of nitrogens with zero attached hydrogens (tertiary/aromatic N) is 2. The maximum absolute atomic E-state index is 6.58. The van der Waals surface area contributed by atoms with E-state index in [9.17, 15) is 0 Å². The molecule has 0 fully saturated rings. The topological polar surface area (TPSA) is 83.4 Å². The van der Waals surface area contributed by atoms with Crippen LogP contribution in [0.2, 0.25) is 5.02 Å². The number of aromatic nitrogens is 2. The van der Waals surface area contributed by atoms with Crippen molar-refractivity contribution in [3.05, 3.63) is 41.4 Å². The summed E-state index contributed by atoms with van der Waals surface area (Å²) in [5.74, 6) is 2.25. The predicted octanol–water partition coefficient (Wildman–Crippen LogP) is 4.63. The van der Waals surface area contributed by atoms with Gasteiger partial charge in [-0.2, -0.15) is 4.98 Å². The third kappa shape index (κ3) is 2.48. The molecule has 0 bridgehead atoms. The molecule has 0 saturated carbocycles. The van der Waals surface area contributed by atoms with E-state index in [0.717, 1.165) is 21.4 Å². The summed E-state index contributed by atoms with van der Waals surface area (Å²) in [5, 5.41) is 5.48. The number of nitrogens with two attached hydrogens (primary N) is 1. The summed E-state index contributed by atoms with van der Waals surface area (Å²) in [7, 11) is 0. The summed E-state index contributed by atoms with van der Waals surface area (Å²) in [5.41, 5.74) is 7.24. The van der Waals surface area contributed by atoms with Gasteiger partial charge in [-0.1, -0.05) is 28.9 Å². The molecule has 0 atom stereocenters. The first-order valence-electron chi connectivity index (χ1n) is 7.91. The number of ether oxygens (including phenoxy) is 2. The molecule has 0 aliphatic carbocycles. The van der Waals surface area contributed by atoms with Gasteiger partial charge in [-0.25, -0.2) is 0 Å². The molecule has 1 aliphatic rings. The maximum Gasteiger partial charge on any atom is 0.269 e. The van der Waals surface area contributed by atoms with Gasteiger partial charge in [0.2, 0.25) is 5.82 Å². The zero-order valence-corrected chi connectivity index (χ0v) is 14.9. The van der Waals surface area contributed by atoms with Crippen LogP contribution in [0.4, 0.5) is 5.69 Å². The van der Waals surface area contributed by atoms with E-state index >= 15 is 0 Å². The van der Waals surface area contributed by atoms with E-state index in [1.54, 1.807) is 12.1 Å². The van der Waals surface area contributed by atoms with Gasteiger partial charge in [0, 0.05) is 27.4 Å². The molecule has 4 aromatic rings. The van der Waals surface area contributed by atoms with Gasteiger partial charge in [0.05, 0.1) is 5.02 Å². The minimum atomic E-state index is 0.369. The van der Waals surface area contributed by atoms with E-state index in [1.165, 1.54) is 11.3 Å². The van der Waals surface area contributed by atoms with E-state index in [-0.39, 0.29) is 0 Å². The number of halogens is 1. The average molecular weight is 386 g/mol. The van der Waals surface area contributed by atoms with E-state index < -0.39 is 0 Å². The van der Waals surface area contributed by atoms with Gasteiger partial charge in [0.25, 0.3) is 5.89 Å². The number of anilines is 1. The first-order chi connectivity index (χ1) is 12.7. The molecule has 0 unspecified atom stereocenters. The highest BCUT2D eigenvalue weighted by Crippen LogP contribution is 2.46. The Morgan fingerprint density at radius 3 is 2.69 bits per heavy atom. The maximum atomic E-state index is 6.58. The van der Waals surface area contributed by atoms with Crippen molar-refractivity contribution in [2.24, 2.45) is 0 Å². The smallest absolute Gasteiger partial charge is 0.269 e. The van der Waals surface area contributed by atoms with Crippen LogP contribution >= 0.6 is 22.9 Å². The molecule has 2 aromatic heterocycles. The monoisotopic (exact) mass is 385 g/mol. The van der Waals surface area contributed by atoms with Gasteiger partial charge in [0.15, 0.2) is 11.5 Å². The molecule has 26 heavy (non-hydrogen) atoms. The van der Waals surface area contributed by atoms with Crippen LogP contribution in [0.1, 0.15) is 0 Å². The van der Waals surface area contributed by atoms with Gasteiger partial charge in [-0.3, -0.25) is 0 Å². The zero-order chi connectivity index (χ0) is 17.7. The normalized spacial score (nSPS) is 13.3. The van der Waals surface area contributed by atoms with Crippen molar-refractivity contribution in [2.45, 2.75) is 0 Å². The van der Waals surface area contributed by atoms with Crippen LogP contribution in [0.25, 0.3) is 32.2 Å². The van der Waals surface area contributed by atoms with Gasteiger partial charge in [-0.05, 0) is 18.2 Å². The van der Waals surface area contributed by atoms with Crippen LogP contribution < -0.4 is 15.2 Å². The van der Waals surface area contributed by atoms with Gasteiger partial charge in [0.1, 0.15) is 18.1 Å². The Hall–Kier alpha value is -2.77. The second-order valence-corrected chi connectivity index (χ2v) is 7.22. The summed E-state index contributed by atoms with van der Waals surface area (Å²) in [4.78, 5) is 5.19. The molecule has 6 nitrogen and oxygen atoms in total. The Kier molecular flexibility index (Phi) is 3.51. The van der Waals surface area contributed by atoms with Crippen molar-refractivity contribution in [2.75, 3.05) is 18.9 Å². The molecule has 2 aromatic carbocycles. The lowest BCUT2D eigenvalue weighted by Crippen LogP contribution is -2.14. The fraction of sp³-hybridized carbons (Fsp3) is 0.111. The molecular weight excluding hydrogens is 374 g/mol. The van der Waals surface area contributed by atoms with Crippen molar-refractivity contribution in [3.63, 3.8) is 0 Å². The Balaban J connectivity index is 1.60. The highest BCUT2D eigenvalue weighted by molar-refractivity contribution is 7.23. The first kappa shape index (κ1) is 15.5. The second kappa shape index (κ2) is 5.89. The molecule has 0 radical (unpaired) electrons. The number of thiophene rings is 1. The number of rotatable bonds is 2. The number of fused-ring (bicyclic) bond motifs is 2. The second-order valence-electron chi connectivity index (χ2n) is 5.79. The third-order valence-corrected chi connectivity index (χ3v) is 5.70. The Labute approximate surface area is 157 Å². The van der Waals surface area contributed by atoms with Crippen LogP contribution in [-0.2, 0) is 0 Å². The van der Waals surface area contributed by atoms with Gasteiger partial charge in [-0.15, -0.1) is 11.3 Å². The van der Waals surface area contributed by atoms with Crippen molar-refractivity contribution < 1.29 is 14.0 Å². The molecule has 2 N–H and O–H groups in total. The highest BCUT2D eigenvalue weighted by atomic mass is 35.5. The third-order valence-electron chi connectivity index (χ3n) is 4.06. The van der Waals surface area contributed by atoms with Crippen molar-refractivity contribution in [3.8, 4) is 33.7 Å². The summed E-state index contributed by atoms with van der Waals surface area (Å²) < 4.78 is 17.7. The molecule has 3 heterocycles. The molecule has 130 valence electrons. The summed E-state index contributed by atoms with van der Waals surface area (Å²) in [6.45, 7) is 1.07. The summed E-state index contributed by atoms with van der Waals surface area (Å²) >= 11 is 8.05. The van der Waals surface area contributed by atoms with Gasteiger partial charge < -0.3 is 19.7 Å². The Morgan fingerprint density at radius 1 is 1.08 bits per heavy atom. The van der Waals surface area contributed by atoms with E-state index in [0.29, 0.717) is 46.3 Å². The number of hydrogen-bond donors (Lipinski definition) is 1. The van der Waals surface area contributed by atoms with Crippen LogP contribution in [0.5, 0.6) is 11.5 Å². The highest BCUT2D eigenvalue weighted by Gasteiger charge is 2.22. The van der Waals surface area contributed by atoms with Crippen LogP contribution in [-0.4, -0.2) is 23.4 Å². The summed E-state index contributed by atoms with van der Waals surface area (Å²) in [6.07, 6.45) is 0. The summed E-state index contributed by atoms with van der Waals surface area (Å²) in [6, 6.07) is 11.1. The predicted molar refractivity (Wildman–Crippen MR) is 101 cm³/mol. The molecule has 0 spiro atoms. The van der Waals surface area contributed by atoms with Crippen molar-refractivity contribution in [1.29, 1.82) is 0 Å². The van der Waals surface area contributed by atoms with Crippen LogP contribution in [0, 0.1) is 0 Å². The zero-order valence-electron chi connectivity index (χ0n) is 13.4. The lowest BCUT2D eigenvalue weighted by Gasteiger charge is -2.18. The molecule has 1 aliphatic heterocycles. The Morgan fingerprint density at radius 2 is 1.88 bits per heavy atom. The quantitative estimate of drug-likeness (QED) is 0.507. The van der Waals surface area contributed by atoms with Gasteiger partial charge >= 0.3 is 0 Å². The largest absolute Gasteiger partial charge is 0.486 e. The van der Waals surface area contributed by atoms with Crippen molar-refractivity contribution >= 4 is 38.7 Å². The molecule has 8 heteroatoms. The molecule has 0 amide bonds. The van der Waals surface area contributed by atoms with E-state index in [2.05, 4.69) is 10.1 Å². The minimum Gasteiger partial charge on any atom is -0.486 e. The lowest BCUT2D eigenvalue weighted by atomic mass is 10.2. The van der Waals surface area contributed by atoms with E-state index in [4.69, 9.17) is 31.3 Å². The van der Waals surface area contributed by atoms with E-state index in [1.807, 2.05) is 24.3 Å². The number of benzene rings is 2. The minimum absolute atomic E-state index is 0.369.